The van der Waals surface area contributed by atoms with Gasteiger partial charge in [0.05, 0.1) is 4.92 Å². The minimum absolute atomic E-state index is 0.0912. The molecule has 1 aromatic rings. The van der Waals surface area contributed by atoms with Gasteiger partial charge in [0, 0.05) is 11.6 Å². The van der Waals surface area contributed by atoms with Crippen LogP contribution in [0.25, 0.3) is 0 Å². The number of ether oxygens (including phenoxy) is 2. The summed E-state index contributed by atoms with van der Waals surface area (Å²) in [6.07, 6.45) is 1.30. The van der Waals surface area contributed by atoms with Crippen LogP contribution in [0.5, 0.6) is 5.75 Å². The molecule has 2 rings (SSSR count). The molecule has 0 amide bonds. The van der Waals surface area contributed by atoms with Gasteiger partial charge in [-0.3, -0.25) is 10.1 Å². The molecule has 12 heteroatoms. The second-order valence-corrected chi connectivity index (χ2v) is 5.38. The largest absolute Gasteiger partial charge is 0.534 e. The van der Waals surface area contributed by atoms with Crippen LogP contribution in [0.2, 0.25) is 0 Å². The van der Waals surface area contributed by atoms with E-state index in [1.165, 1.54) is 0 Å². The van der Waals surface area contributed by atoms with Gasteiger partial charge in [0.2, 0.25) is 5.75 Å². The SMILES string of the molecule is O=[N+]([O-])c1cc(C2OC=CO2)ccc1OS(=O)(=O)C(F)(F)F. The van der Waals surface area contributed by atoms with Crippen molar-refractivity contribution in [2.75, 3.05) is 0 Å². The van der Waals surface area contributed by atoms with E-state index in [1.807, 2.05) is 0 Å². The number of nitro benzene ring substituents is 1. The first-order chi connectivity index (χ1) is 10.1. The summed E-state index contributed by atoms with van der Waals surface area (Å²) in [6, 6.07) is 2.58. The Bertz CT molecular complexity index is 721. The molecule has 1 aliphatic rings. The van der Waals surface area contributed by atoms with E-state index in [0.29, 0.717) is 6.07 Å². The Morgan fingerprint density at radius 1 is 1.23 bits per heavy atom. The van der Waals surface area contributed by atoms with Gasteiger partial charge in [-0.1, -0.05) is 0 Å². The van der Waals surface area contributed by atoms with E-state index in [9.17, 15) is 31.7 Å². The molecular weight excluding hydrogens is 335 g/mol. The Balaban J connectivity index is 2.38. The number of benzene rings is 1. The monoisotopic (exact) mass is 341 g/mol. The maximum absolute atomic E-state index is 12.2. The fraction of sp³-hybridized carbons (Fsp3) is 0.200. The van der Waals surface area contributed by atoms with E-state index >= 15 is 0 Å². The van der Waals surface area contributed by atoms with Gasteiger partial charge in [-0.25, -0.2) is 0 Å². The third-order valence-electron chi connectivity index (χ3n) is 2.39. The summed E-state index contributed by atoms with van der Waals surface area (Å²) in [5.74, 6) is -1.07. The molecule has 0 spiro atoms. The topological polar surface area (TPSA) is 105 Å². The summed E-state index contributed by atoms with van der Waals surface area (Å²) in [5, 5.41) is 10.9. The molecule has 0 N–H and O–H groups in total. The average Bonchev–Trinajstić information content (AvgIpc) is 2.91. The van der Waals surface area contributed by atoms with Crippen molar-refractivity contribution < 1.29 is 40.2 Å². The summed E-state index contributed by atoms with van der Waals surface area (Å²) in [5.41, 5.74) is -6.60. The Kier molecular flexibility index (Phi) is 3.87. The number of rotatable bonds is 4. The smallest absolute Gasteiger partial charge is 0.455 e. The van der Waals surface area contributed by atoms with Crippen molar-refractivity contribution in [3.63, 3.8) is 0 Å². The molecule has 0 radical (unpaired) electrons. The lowest BCUT2D eigenvalue weighted by Gasteiger charge is -2.12. The van der Waals surface area contributed by atoms with Gasteiger partial charge < -0.3 is 13.7 Å². The standard InChI is InChI=1S/C10H6F3NO7S/c11-10(12,13)22(17,18)21-8-2-1-6(5-7(8)14(15)16)9-19-3-4-20-9/h1-5,9H. The summed E-state index contributed by atoms with van der Waals surface area (Å²) >= 11 is 0. The second kappa shape index (κ2) is 5.36. The lowest BCUT2D eigenvalue weighted by Crippen LogP contribution is -2.28. The molecule has 0 bridgehead atoms. The molecule has 120 valence electrons. The highest BCUT2D eigenvalue weighted by Crippen LogP contribution is 2.36. The molecule has 0 saturated carbocycles. The van der Waals surface area contributed by atoms with Gasteiger partial charge in [0.25, 0.3) is 6.29 Å². The highest BCUT2D eigenvalue weighted by atomic mass is 32.2. The predicted octanol–water partition coefficient (Wildman–Crippen LogP) is 2.34. The van der Waals surface area contributed by atoms with Gasteiger partial charge in [-0.15, -0.1) is 0 Å². The zero-order valence-electron chi connectivity index (χ0n) is 10.3. The van der Waals surface area contributed by atoms with Crippen molar-refractivity contribution in [1.29, 1.82) is 0 Å². The average molecular weight is 341 g/mol. The first kappa shape index (κ1) is 15.9. The number of hydrogen-bond donors (Lipinski definition) is 0. The summed E-state index contributed by atoms with van der Waals surface area (Å²) in [6.45, 7) is 0. The number of alkyl halides is 3. The molecule has 0 aliphatic carbocycles. The maximum Gasteiger partial charge on any atom is 0.534 e. The van der Waals surface area contributed by atoms with E-state index in [-0.39, 0.29) is 5.56 Å². The quantitative estimate of drug-likeness (QED) is 0.358. The van der Waals surface area contributed by atoms with Gasteiger partial charge in [0.1, 0.15) is 12.5 Å². The van der Waals surface area contributed by atoms with Gasteiger partial charge in [-0.05, 0) is 12.1 Å². The van der Waals surface area contributed by atoms with Crippen molar-refractivity contribution in [2.45, 2.75) is 11.8 Å². The normalized spacial score (nSPS) is 15.2. The summed E-state index contributed by atoms with van der Waals surface area (Å²) < 4.78 is 72.1. The van der Waals surface area contributed by atoms with Crippen molar-refractivity contribution in [1.82, 2.24) is 0 Å². The zero-order valence-corrected chi connectivity index (χ0v) is 11.1. The van der Waals surface area contributed by atoms with Gasteiger partial charge in [0.15, 0.2) is 0 Å². The number of hydrogen-bond acceptors (Lipinski definition) is 7. The number of nitrogens with zero attached hydrogens (tertiary/aromatic N) is 1. The highest BCUT2D eigenvalue weighted by Gasteiger charge is 2.49. The van der Waals surface area contributed by atoms with Crippen LogP contribution in [0.15, 0.2) is 30.7 Å². The van der Waals surface area contributed by atoms with Crippen molar-refractivity contribution in [2.24, 2.45) is 0 Å². The minimum Gasteiger partial charge on any atom is -0.455 e. The highest BCUT2D eigenvalue weighted by molar-refractivity contribution is 7.88. The Labute approximate surface area is 121 Å². The van der Waals surface area contributed by atoms with E-state index in [4.69, 9.17) is 9.47 Å². The van der Waals surface area contributed by atoms with Crippen LogP contribution in [-0.4, -0.2) is 18.8 Å². The zero-order chi connectivity index (χ0) is 16.5. The van der Waals surface area contributed by atoms with Crippen LogP contribution in [0.4, 0.5) is 18.9 Å². The number of halogens is 3. The third-order valence-corrected chi connectivity index (χ3v) is 3.36. The van der Waals surface area contributed by atoms with Gasteiger partial charge >= 0.3 is 21.3 Å². The lowest BCUT2D eigenvalue weighted by atomic mass is 10.2. The molecule has 1 heterocycles. The van der Waals surface area contributed by atoms with E-state index in [2.05, 4.69) is 4.18 Å². The molecular formula is C10H6F3NO7S. The fourth-order valence-corrected chi connectivity index (χ4v) is 1.93. The minimum atomic E-state index is -6.02. The Morgan fingerprint density at radius 2 is 1.82 bits per heavy atom. The maximum atomic E-state index is 12.2. The van der Waals surface area contributed by atoms with Crippen LogP contribution in [0.3, 0.4) is 0 Å². The van der Waals surface area contributed by atoms with Crippen molar-refractivity contribution in [3.05, 3.63) is 46.4 Å². The first-order valence-electron chi connectivity index (χ1n) is 5.37. The molecule has 8 nitrogen and oxygen atoms in total. The summed E-state index contributed by atoms with van der Waals surface area (Å²) in [4.78, 5) is 9.79. The van der Waals surface area contributed by atoms with Crippen LogP contribution in [0.1, 0.15) is 11.9 Å². The van der Waals surface area contributed by atoms with Crippen LogP contribution in [0, 0.1) is 10.1 Å². The van der Waals surface area contributed by atoms with Crippen LogP contribution in [-0.2, 0) is 19.6 Å². The molecule has 0 aromatic heterocycles. The Morgan fingerprint density at radius 3 is 2.32 bits per heavy atom. The second-order valence-electron chi connectivity index (χ2n) is 3.84. The van der Waals surface area contributed by atoms with E-state index in [0.717, 1.165) is 24.7 Å². The molecule has 22 heavy (non-hydrogen) atoms. The van der Waals surface area contributed by atoms with Crippen LogP contribution < -0.4 is 4.18 Å². The van der Waals surface area contributed by atoms with Crippen molar-refractivity contribution >= 4 is 15.8 Å². The van der Waals surface area contributed by atoms with Crippen LogP contribution >= 0.6 is 0 Å². The third kappa shape index (κ3) is 3.05. The predicted molar refractivity (Wildman–Crippen MR) is 62.8 cm³/mol. The molecule has 0 fully saturated rings. The molecule has 0 saturated heterocycles. The number of nitro groups is 1. The molecule has 0 atom stereocenters. The van der Waals surface area contributed by atoms with Crippen molar-refractivity contribution in [3.8, 4) is 5.75 Å². The molecule has 0 unspecified atom stereocenters. The van der Waals surface area contributed by atoms with Gasteiger partial charge in [-0.2, -0.15) is 21.6 Å². The molecule has 1 aromatic carbocycles. The van der Waals surface area contributed by atoms with E-state index < -0.39 is 38.3 Å². The van der Waals surface area contributed by atoms with E-state index in [1.54, 1.807) is 0 Å². The lowest BCUT2D eigenvalue weighted by molar-refractivity contribution is -0.385. The first-order valence-corrected chi connectivity index (χ1v) is 6.78. The fourth-order valence-electron chi connectivity index (χ4n) is 1.46. The molecule has 1 aliphatic heterocycles. The summed E-state index contributed by atoms with van der Waals surface area (Å²) in [7, 11) is -6.02. The Hall–Kier alpha value is -2.50.